The summed E-state index contributed by atoms with van der Waals surface area (Å²) in [6.45, 7) is 0.894. The first-order valence-electron chi connectivity index (χ1n) is 10.4. The molecule has 2 aromatic heterocycles. The number of allylic oxidation sites excluding steroid dienone is 2. The van der Waals surface area contributed by atoms with Gasteiger partial charge in [-0.1, -0.05) is 36.4 Å². The molecule has 4 heteroatoms. The zero-order valence-corrected chi connectivity index (χ0v) is 18.0. The Labute approximate surface area is 187 Å². The fourth-order valence-corrected chi connectivity index (χ4v) is 4.69. The van der Waals surface area contributed by atoms with E-state index in [0.717, 1.165) is 24.2 Å². The molecule has 0 radical (unpaired) electrons. The average Bonchev–Trinajstić information content (AvgIpc) is 2.84. The van der Waals surface area contributed by atoms with Crippen LogP contribution in [0.15, 0.2) is 108 Å². The van der Waals surface area contributed by atoms with Crippen molar-refractivity contribution in [2.24, 2.45) is 0 Å². The predicted octanol–water partition coefficient (Wildman–Crippen LogP) is 6.17. The first-order valence-corrected chi connectivity index (χ1v) is 11.4. The van der Waals surface area contributed by atoms with E-state index in [1.54, 1.807) is 0 Å². The molecule has 0 atom stereocenters. The third kappa shape index (κ3) is 4.70. The Kier molecular flexibility index (Phi) is 5.81. The minimum atomic E-state index is 0.894. The van der Waals surface area contributed by atoms with Gasteiger partial charge in [-0.2, -0.15) is 0 Å². The van der Waals surface area contributed by atoms with Crippen LogP contribution in [0.4, 0.5) is 0 Å². The highest BCUT2D eigenvalue weighted by molar-refractivity contribution is 7.98. The molecule has 0 saturated carbocycles. The van der Waals surface area contributed by atoms with Crippen LogP contribution in [0.3, 0.4) is 0 Å². The van der Waals surface area contributed by atoms with Crippen LogP contribution in [-0.4, -0.2) is 16.5 Å². The van der Waals surface area contributed by atoms with Crippen molar-refractivity contribution >= 4 is 22.7 Å². The molecule has 1 aliphatic heterocycles. The van der Waals surface area contributed by atoms with Gasteiger partial charge in [0.05, 0.1) is 5.52 Å². The number of thioether (sulfide) groups is 1. The van der Waals surface area contributed by atoms with Gasteiger partial charge in [-0.05, 0) is 71.3 Å². The Morgan fingerprint density at radius 3 is 2.71 bits per heavy atom. The molecule has 0 aliphatic carbocycles. The second-order valence-corrected chi connectivity index (χ2v) is 8.64. The fraction of sp³-hybridized carbons (Fsp3) is 0.111. The van der Waals surface area contributed by atoms with E-state index in [2.05, 4.69) is 77.1 Å². The standard InChI is InChI=1S/C27H23N3S/c1-3-21(19-31-25-8-13-29-14-9-25)16-23(4-1)26-18-22(15-20-6-11-28-12-7-20)17-24-5-2-10-30-27(24)26/h1-11,13-14,16-18,28H,12,15,19H2. The van der Waals surface area contributed by atoms with Crippen molar-refractivity contribution in [3.8, 4) is 11.1 Å². The topological polar surface area (TPSA) is 37.8 Å². The van der Waals surface area contributed by atoms with Crippen molar-refractivity contribution in [3.05, 3.63) is 114 Å². The third-order valence-electron chi connectivity index (χ3n) is 5.36. The fourth-order valence-electron chi connectivity index (χ4n) is 3.87. The minimum absolute atomic E-state index is 0.894. The van der Waals surface area contributed by atoms with Gasteiger partial charge in [0.1, 0.15) is 0 Å². The maximum Gasteiger partial charge on any atom is 0.0780 e. The Hall–Kier alpha value is -3.37. The summed E-state index contributed by atoms with van der Waals surface area (Å²) in [7, 11) is 0. The predicted molar refractivity (Wildman–Crippen MR) is 130 cm³/mol. The van der Waals surface area contributed by atoms with Crippen LogP contribution >= 0.6 is 11.8 Å². The molecule has 31 heavy (non-hydrogen) atoms. The van der Waals surface area contributed by atoms with Crippen molar-refractivity contribution in [3.63, 3.8) is 0 Å². The second-order valence-electron chi connectivity index (χ2n) is 7.59. The summed E-state index contributed by atoms with van der Waals surface area (Å²) in [6.07, 6.45) is 12.9. The number of nitrogens with one attached hydrogen (secondary N) is 1. The molecule has 0 saturated heterocycles. The summed E-state index contributed by atoms with van der Waals surface area (Å²) in [5, 5.41) is 4.41. The quantitative estimate of drug-likeness (QED) is 0.378. The van der Waals surface area contributed by atoms with Crippen molar-refractivity contribution in [1.82, 2.24) is 15.3 Å². The number of pyridine rings is 2. The summed E-state index contributed by atoms with van der Waals surface area (Å²) in [4.78, 5) is 10.1. The molecule has 1 N–H and O–H groups in total. The Bertz CT molecular complexity index is 1260. The number of benzene rings is 2. The van der Waals surface area contributed by atoms with Crippen LogP contribution in [0.5, 0.6) is 0 Å². The molecule has 0 fully saturated rings. The monoisotopic (exact) mass is 421 g/mol. The summed E-state index contributed by atoms with van der Waals surface area (Å²) < 4.78 is 0. The lowest BCUT2D eigenvalue weighted by molar-refractivity contribution is 0.945. The maximum atomic E-state index is 4.72. The van der Waals surface area contributed by atoms with Crippen molar-refractivity contribution in [2.75, 3.05) is 6.54 Å². The van der Waals surface area contributed by atoms with Gasteiger partial charge in [-0.15, -0.1) is 11.8 Å². The molecule has 5 rings (SSSR count). The number of rotatable bonds is 6. The zero-order chi connectivity index (χ0) is 20.9. The molecule has 1 aliphatic rings. The summed E-state index contributed by atoms with van der Waals surface area (Å²) in [6, 6.07) is 21.7. The van der Waals surface area contributed by atoms with Crippen molar-refractivity contribution in [2.45, 2.75) is 17.1 Å². The minimum Gasteiger partial charge on any atom is -0.387 e. The van der Waals surface area contributed by atoms with E-state index in [1.807, 2.05) is 42.6 Å². The van der Waals surface area contributed by atoms with Gasteiger partial charge >= 0.3 is 0 Å². The highest BCUT2D eigenvalue weighted by atomic mass is 32.2. The largest absolute Gasteiger partial charge is 0.387 e. The van der Waals surface area contributed by atoms with E-state index in [0.29, 0.717) is 0 Å². The number of nitrogens with zero attached hydrogens (tertiary/aromatic N) is 2. The second kappa shape index (κ2) is 9.19. The molecule has 0 bridgehead atoms. The van der Waals surface area contributed by atoms with Gasteiger partial charge in [-0.25, -0.2) is 0 Å². The van der Waals surface area contributed by atoms with Crippen LogP contribution in [0.2, 0.25) is 0 Å². The SMILES string of the molecule is C1=CC(Cc2cc(-c3cccc(CSc4ccncc4)c3)c3ncccc3c2)=CCN1. The highest BCUT2D eigenvalue weighted by Gasteiger charge is 2.10. The van der Waals surface area contributed by atoms with Crippen LogP contribution in [-0.2, 0) is 12.2 Å². The van der Waals surface area contributed by atoms with Crippen LogP contribution in [0, 0.1) is 0 Å². The molecular weight excluding hydrogens is 398 g/mol. The third-order valence-corrected chi connectivity index (χ3v) is 6.45. The summed E-state index contributed by atoms with van der Waals surface area (Å²) in [5.41, 5.74) is 7.42. The van der Waals surface area contributed by atoms with E-state index < -0.39 is 0 Å². The number of aromatic nitrogens is 2. The van der Waals surface area contributed by atoms with Gasteiger partial charge < -0.3 is 5.32 Å². The molecular formula is C27H23N3S. The maximum absolute atomic E-state index is 4.72. The first-order chi connectivity index (χ1) is 15.3. The van der Waals surface area contributed by atoms with Gasteiger partial charge in [0.25, 0.3) is 0 Å². The lowest BCUT2D eigenvalue weighted by atomic mass is 9.94. The van der Waals surface area contributed by atoms with E-state index in [1.165, 1.54) is 38.1 Å². The molecule has 152 valence electrons. The summed E-state index contributed by atoms with van der Waals surface area (Å²) in [5.74, 6) is 0.924. The van der Waals surface area contributed by atoms with Gasteiger partial charge in [0.2, 0.25) is 0 Å². The van der Waals surface area contributed by atoms with Crippen LogP contribution < -0.4 is 5.32 Å². The Balaban J connectivity index is 1.48. The van der Waals surface area contributed by atoms with Crippen molar-refractivity contribution < 1.29 is 0 Å². The molecule has 2 aromatic carbocycles. The summed E-state index contributed by atoms with van der Waals surface area (Å²) >= 11 is 1.83. The number of dihydropyridines is 1. The molecule has 0 spiro atoms. The van der Waals surface area contributed by atoms with Gasteiger partial charge in [0, 0.05) is 46.7 Å². The molecule has 0 amide bonds. The van der Waals surface area contributed by atoms with Gasteiger partial charge in [-0.3, -0.25) is 9.97 Å². The number of hydrogen-bond acceptors (Lipinski definition) is 4. The molecule has 4 aromatic rings. The zero-order valence-electron chi connectivity index (χ0n) is 17.2. The van der Waals surface area contributed by atoms with E-state index in [-0.39, 0.29) is 0 Å². The van der Waals surface area contributed by atoms with E-state index >= 15 is 0 Å². The van der Waals surface area contributed by atoms with E-state index in [9.17, 15) is 0 Å². The normalized spacial score (nSPS) is 13.1. The van der Waals surface area contributed by atoms with Crippen LogP contribution in [0.25, 0.3) is 22.0 Å². The smallest absolute Gasteiger partial charge is 0.0780 e. The number of hydrogen-bond donors (Lipinski definition) is 1. The lowest BCUT2D eigenvalue weighted by Crippen LogP contribution is -2.09. The van der Waals surface area contributed by atoms with Gasteiger partial charge in [0.15, 0.2) is 0 Å². The highest BCUT2D eigenvalue weighted by Crippen LogP contribution is 2.32. The van der Waals surface area contributed by atoms with Crippen molar-refractivity contribution in [1.29, 1.82) is 0 Å². The average molecular weight is 422 g/mol. The molecule has 3 nitrogen and oxygen atoms in total. The molecule has 0 unspecified atom stereocenters. The first kappa shape index (κ1) is 19.6. The molecule has 3 heterocycles. The van der Waals surface area contributed by atoms with E-state index in [4.69, 9.17) is 4.98 Å². The Morgan fingerprint density at radius 1 is 0.903 bits per heavy atom. The van der Waals surface area contributed by atoms with Crippen LogP contribution in [0.1, 0.15) is 11.1 Å². The number of fused-ring (bicyclic) bond motifs is 1. The lowest BCUT2D eigenvalue weighted by Gasteiger charge is -2.13. The Morgan fingerprint density at radius 2 is 1.84 bits per heavy atom.